The van der Waals surface area contributed by atoms with E-state index in [0.717, 1.165) is 36.3 Å². The molecule has 3 aromatic carbocycles. The van der Waals surface area contributed by atoms with Gasteiger partial charge in [0.2, 0.25) is 0 Å². The number of unbranched alkanes of at least 4 members (excludes halogenated alkanes) is 21. The molecule has 0 bridgehead atoms. The molecule has 0 radical (unpaired) electrons. The Bertz CT molecular complexity index is 1280. The van der Waals surface area contributed by atoms with Crippen molar-refractivity contribution in [3.63, 3.8) is 0 Å². The normalized spacial score (nSPS) is 11.8. The van der Waals surface area contributed by atoms with Crippen molar-refractivity contribution in [2.24, 2.45) is 0 Å². The molecule has 0 spiro atoms. The van der Waals surface area contributed by atoms with Crippen molar-refractivity contribution in [2.45, 2.75) is 175 Å². The summed E-state index contributed by atoms with van der Waals surface area (Å²) in [6, 6.07) is 23.5. The van der Waals surface area contributed by atoms with E-state index in [1.54, 1.807) is 12.1 Å². The highest BCUT2D eigenvalue weighted by Gasteiger charge is 2.10. The van der Waals surface area contributed by atoms with Gasteiger partial charge in [0.05, 0.1) is 18.3 Å². The molecule has 52 heavy (non-hydrogen) atoms. The van der Waals surface area contributed by atoms with Crippen molar-refractivity contribution in [2.75, 3.05) is 13.2 Å². The zero-order valence-electron chi connectivity index (χ0n) is 33.3. The maximum absolute atomic E-state index is 12.7. The Morgan fingerprint density at radius 3 is 1.31 bits per heavy atom. The summed E-state index contributed by atoms with van der Waals surface area (Å²) in [6.07, 6.45) is 31.0. The fourth-order valence-electron chi connectivity index (χ4n) is 6.77. The van der Waals surface area contributed by atoms with Crippen LogP contribution >= 0.6 is 0 Å². The van der Waals surface area contributed by atoms with Crippen molar-refractivity contribution < 1.29 is 19.0 Å². The second-order valence-electron chi connectivity index (χ2n) is 14.8. The quantitative estimate of drug-likeness (QED) is 0.0378. The lowest BCUT2D eigenvalue weighted by atomic mass is 10.0. The third kappa shape index (κ3) is 19.1. The van der Waals surface area contributed by atoms with Crippen LogP contribution in [0.25, 0.3) is 11.1 Å². The van der Waals surface area contributed by atoms with E-state index in [4.69, 9.17) is 14.2 Å². The van der Waals surface area contributed by atoms with Gasteiger partial charge in [0.1, 0.15) is 11.5 Å². The van der Waals surface area contributed by atoms with E-state index in [9.17, 15) is 4.79 Å². The van der Waals surface area contributed by atoms with Gasteiger partial charge in [-0.1, -0.05) is 185 Å². The van der Waals surface area contributed by atoms with E-state index in [-0.39, 0.29) is 12.1 Å². The standard InChI is InChI=1S/C48H72O4/c1-4-6-8-10-12-13-14-15-16-17-18-19-20-22-23-25-39-50-41(3)42-27-29-43(30-28-42)44-31-37-47(38-32-44)52-48(49)45-33-35-46(36-34-45)51-40-26-24-21-11-9-7-5-2/h27-38,41H,4-26,39-40H2,1-3H3. The Morgan fingerprint density at radius 2 is 0.846 bits per heavy atom. The molecule has 0 saturated heterocycles. The number of esters is 1. The van der Waals surface area contributed by atoms with Gasteiger partial charge in [0.25, 0.3) is 0 Å². The minimum absolute atomic E-state index is 0.0814. The second-order valence-corrected chi connectivity index (χ2v) is 14.8. The average molecular weight is 713 g/mol. The molecule has 0 heterocycles. The van der Waals surface area contributed by atoms with Crippen LogP contribution < -0.4 is 9.47 Å². The van der Waals surface area contributed by atoms with Crippen molar-refractivity contribution in [1.29, 1.82) is 0 Å². The van der Waals surface area contributed by atoms with Gasteiger partial charge in [-0.05, 0) is 72.9 Å². The van der Waals surface area contributed by atoms with Crippen LogP contribution in [0.3, 0.4) is 0 Å². The number of rotatable bonds is 31. The summed E-state index contributed by atoms with van der Waals surface area (Å²) in [5, 5.41) is 0. The lowest BCUT2D eigenvalue weighted by molar-refractivity contribution is 0.0627. The zero-order valence-corrected chi connectivity index (χ0v) is 33.3. The molecular weight excluding hydrogens is 641 g/mol. The number of hydrogen-bond donors (Lipinski definition) is 0. The lowest BCUT2D eigenvalue weighted by Crippen LogP contribution is -2.08. The Labute approximate surface area is 318 Å². The molecule has 1 atom stereocenters. The maximum atomic E-state index is 12.7. The van der Waals surface area contributed by atoms with Gasteiger partial charge in [0, 0.05) is 6.61 Å². The van der Waals surface area contributed by atoms with Gasteiger partial charge < -0.3 is 14.2 Å². The van der Waals surface area contributed by atoms with Crippen molar-refractivity contribution in [1.82, 2.24) is 0 Å². The topological polar surface area (TPSA) is 44.8 Å². The molecule has 0 amide bonds. The number of ether oxygens (including phenoxy) is 3. The molecular formula is C48H72O4. The van der Waals surface area contributed by atoms with E-state index in [2.05, 4.69) is 45.0 Å². The van der Waals surface area contributed by atoms with E-state index >= 15 is 0 Å². The van der Waals surface area contributed by atoms with Gasteiger partial charge in [-0.25, -0.2) is 4.79 Å². The van der Waals surface area contributed by atoms with Crippen LogP contribution in [-0.4, -0.2) is 19.2 Å². The minimum Gasteiger partial charge on any atom is -0.494 e. The predicted octanol–water partition coefficient (Wildman–Crippen LogP) is 15.0. The third-order valence-corrected chi connectivity index (χ3v) is 10.3. The van der Waals surface area contributed by atoms with E-state index < -0.39 is 0 Å². The monoisotopic (exact) mass is 713 g/mol. The Morgan fingerprint density at radius 1 is 0.462 bits per heavy atom. The molecule has 0 aliphatic rings. The first-order valence-corrected chi connectivity index (χ1v) is 21.4. The summed E-state index contributed by atoms with van der Waals surface area (Å²) < 4.78 is 17.7. The SMILES string of the molecule is CCCCCCCCCCCCCCCCCCOC(C)c1ccc(-c2ccc(OC(=O)c3ccc(OCCCCCCCCC)cc3)cc2)cc1. The van der Waals surface area contributed by atoms with E-state index in [1.807, 2.05) is 36.4 Å². The maximum Gasteiger partial charge on any atom is 0.343 e. The van der Waals surface area contributed by atoms with Crippen LogP contribution in [0.1, 0.15) is 190 Å². The van der Waals surface area contributed by atoms with Gasteiger partial charge in [-0.3, -0.25) is 0 Å². The summed E-state index contributed by atoms with van der Waals surface area (Å²) in [5.41, 5.74) is 3.91. The molecule has 0 N–H and O–H groups in total. The molecule has 288 valence electrons. The highest BCUT2D eigenvalue weighted by Crippen LogP contribution is 2.26. The van der Waals surface area contributed by atoms with Crippen LogP contribution in [0.4, 0.5) is 0 Å². The zero-order chi connectivity index (χ0) is 36.9. The number of benzene rings is 3. The first kappa shape index (κ1) is 43.3. The second kappa shape index (κ2) is 28.4. The highest BCUT2D eigenvalue weighted by atomic mass is 16.5. The Hall–Kier alpha value is -3.11. The molecule has 3 aromatic rings. The van der Waals surface area contributed by atoms with Crippen LogP contribution in [0.2, 0.25) is 0 Å². The van der Waals surface area contributed by atoms with Crippen molar-refractivity contribution >= 4 is 5.97 Å². The Kier molecular flexibility index (Phi) is 23.6. The summed E-state index contributed by atoms with van der Waals surface area (Å²) in [7, 11) is 0. The largest absolute Gasteiger partial charge is 0.494 e. The molecule has 0 aliphatic carbocycles. The van der Waals surface area contributed by atoms with Gasteiger partial charge >= 0.3 is 5.97 Å². The molecule has 1 unspecified atom stereocenters. The number of carbonyl (C=O) groups is 1. The van der Waals surface area contributed by atoms with Crippen LogP contribution in [0.15, 0.2) is 72.8 Å². The molecule has 0 saturated carbocycles. The van der Waals surface area contributed by atoms with Crippen molar-refractivity contribution in [3.05, 3.63) is 83.9 Å². The van der Waals surface area contributed by atoms with Gasteiger partial charge in [-0.2, -0.15) is 0 Å². The molecule has 0 fully saturated rings. The lowest BCUT2D eigenvalue weighted by Gasteiger charge is -2.14. The predicted molar refractivity (Wildman–Crippen MR) is 221 cm³/mol. The minimum atomic E-state index is -0.371. The number of carbonyl (C=O) groups excluding carboxylic acids is 1. The van der Waals surface area contributed by atoms with Crippen LogP contribution in [0, 0.1) is 0 Å². The molecule has 4 heteroatoms. The first-order chi connectivity index (χ1) is 25.6. The molecule has 0 aromatic heterocycles. The fourth-order valence-corrected chi connectivity index (χ4v) is 6.77. The summed E-state index contributed by atoms with van der Waals surface area (Å²) in [4.78, 5) is 12.7. The fraction of sp³-hybridized carbons (Fsp3) is 0.604. The average Bonchev–Trinajstić information content (AvgIpc) is 3.17. The van der Waals surface area contributed by atoms with Gasteiger partial charge in [0.15, 0.2) is 0 Å². The molecule has 4 nitrogen and oxygen atoms in total. The molecule has 3 rings (SSSR count). The highest BCUT2D eigenvalue weighted by molar-refractivity contribution is 5.91. The summed E-state index contributed by atoms with van der Waals surface area (Å²) in [6.45, 7) is 8.20. The molecule has 0 aliphatic heterocycles. The first-order valence-electron chi connectivity index (χ1n) is 21.4. The summed E-state index contributed by atoms with van der Waals surface area (Å²) >= 11 is 0. The van der Waals surface area contributed by atoms with E-state index in [0.29, 0.717) is 17.9 Å². The van der Waals surface area contributed by atoms with Crippen LogP contribution in [0.5, 0.6) is 11.5 Å². The van der Waals surface area contributed by atoms with E-state index in [1.165, 1.54) is 140 Å². The number of hydrogen-bond acceptors (Lipinski definition) is 4. The summed E-state index contributed by atoms with van der Waals surface area (Å²) in [5.74, 6) is 0.944. The Balaban J connectivity index is 1.23. The van der Waals surface area contributed by atoms with Crippen LogP contribution in [-0.2, 0) is 4.74 Å². The third-order valence-electron chi connectivity index (χ3n) is 10.3. The van der Waals surface area contributed by atoms with Gasteiger partial charge in [-0.15, -0.1) is 0 Å². The van der Waals surface area contributed by atoms with Crippen molar-refractivity contribution in [3.8, 4) is 22.6 Å². The smallest absolute Gasteiger partial charge is 0.343 e.